The summed E-state index contributed by atoms with van der Waals surface area (Å²) >= 11 is 5.88. The van der Waals surface area contributed by atoms with Crippen LogP contribution in [0.2, 0.25) is 5.02 Å². The van der Waals surface area contributed by atoms with Crippen LogP contribution < -0.4 is 10.2 Å². The van der Waals surface area contributed by atoms with Crippen molar-refractivity contribution in [2.24, 2.45) is 0 Å². The Balaban J connectivity index is 1.74. The van der Waals surface area contributed by atoms with Gasteiger partial charge in [0.05, 0.1) is 41.4 Å². The third kappa shape index (κ3) is 4.25. The molecule has 1 amide bonds. The minimum absolute atomic E-state index is 0.0105. The molecule has 0 unspecified atom stereocenters. The average molecular weight is 386 g/mol. The second kappa shape index (κ2) is 7.51. The molecule has 3 rings (SSSR count). The van der Waals surface area contributed by atoms with Crippen molar-refractivity contribution >= 4 is 28.9 Å². The van der Waals surface area contributed by atoms with Crippen LogP contribution in [0.15, 0.2) is 36.5 Å². The quantitative estimate of drug-likeness (QED) is 0.872. The zero-order valence-electron chi connectivity index (χ0n) is 13.5. The maximum absolute atomic E-state index is 12.8. The van der Waals surface area contributed by atoms with Crippen LogP contribution in [0.3, 0.4) is 0 Å². The second-order valence-corrected chi connectivity index (χ2v) is 6.05. The van der Waals surface area contributed by atoms with Gasteiger partial charge in [0, 0.05) is 13.1 Å². The van der Waals surface area contributed by atoms with Crippen molar-refractivity contribution in [1.29, 1.82) is 0 Å². The molecule has 0 saturated carbocycles. The van der Waals surface area contributed by atoms with E-state index in [1.54, 1.807) is 12.3 Å². The lowest BCUT2D eigenvalue weighted by atomic mass is 10.2. The number of carbonyl (C=O) groups excluding carboxylic acids is 1. The summed E-state index contributed by atoms with van der Waals surface area (Å²) in [5.41, 5.74) is -0.0872. The lowest BCUT2D eigenvalue weighted by molar-refractivity contribution is -0.137. The fourth-order valence-electron chi connectivity index (χ4n) is 2.51. The molecule has 1 saturated heterocycles. The highest BCUT2D eigenvalue weighted by Crippen LogP contribution is 2.34. The molecule has 2 heterocycles. The van der Waals surface area contributed by atoms with E-state index in [0.717, 1.165) is 37.0 Å². The Morgan fingerprint density at radius 3 is 2.54 bits per heavy atom. The van der Waals surface area contributed by atoms with Gasteiger partial charge in [-0.2, -0.15) is 13.2 Å². The van der Waals surface area contributed by atoms with Crippen molar-refractivity contribution in [3.05, 3.63) is 52.8 Å². The Hall–Kier alpha value is -2.32. The molecule has 1 aliphatic heterocycles. The first-order chi connectivity index (χ1) is 12.3. The van der Waals surface area contributed by atoms with E-state index in [1.165, 1.54) is 6.07 Å². The number of aromatic nitrogens is 1. The van der Waals surface area contributed by atoms with Crippen LogP contribution in [-0.4, -0.2) is 37.2 Å². The molecular formula is C17H15ClF3N3O2. The standard InChI is InChI=1S/C17H15ClF3N3O2/c18-13-3-1-11(17(19,20)21)9-15(13)23-16(25)14-4-2-12(10-22-14)24-5-7-26-8-6-24/h1-4,9-10H,5-8H2,(H,23,25). The van der Waals surface area contributed by atoms with Crippen molar-refractivity contribution in [3.63, 3.8) is 0 Å². The Kier molecular flexibility index (Phi) is 5.33. The Morgan fingerprint density at radius 1 is 1.19 bits per heavy atom. The van der Waals surface area contributed by atoms with E-state index in [1.807, 2.05) is 0 Å². The van der Waals surface area contributed by atoms with Gasteiger partial charge in [-0.3, -0.25) is 4.79 Å². The predicted octanol–water partition coefficient (Wildman–Crippen LogP) is 3.84. The van der Waals surface area contributed by atoms with Gasteiger partial charge in [-0.25, -0.2) is 4.98 Å². The third-order valence-corrected chi connectivity index (χ3v) is 4.23. The van der Waals surface area contributed by atoms with Crippen LogP contribution in [0.5, 0.6) is 0 Å². The van der Waals surface area contributed by atoms with Crippen molar-refractivity contribution in [1.82, 2.24) is 4.98 Å². The molecule has 0 atom stereocenters. The van der Waals surface area contributed by atoms with Gasteiger partial charge in [0.15, 0.2) is 0 Å². The molecule has 9 heteroatoms. The van der Waals surface area contributed by atoms with Crippen LogP contribution >= 0.6 is 11.6 Å². The summed E-state index contributed by atoms with van der Waals surface area (Å²) in [5, 5.41) is 2.38. The molecule has 1 fully saturated rings. The first kappa shape index (κ1) is 18.5. The highest BCUT2D eigenvalue weighted by atomic mass is 35.5. The molecule has 0 spiro atoms. The summed E-state index contributed by atoms with van der Waals surface area (Å²) in [4.78, 5) is 18.4. The van der Waals surface area contributed by atoms with Crippen molar-refractivity contribution in [2.45, 2.75) is 6.18 Å². The normalized spacial score (nSPS) is 15.0. The number of benzene rings is 1. The minimum atomic E-state index is -4.53. The zero-order valence-corrected chi connectivity index (χ0v) is 14.3. The molecule has 1 aromatic heterocycles. The molecule has 0 bridgehead atoms. The number of carbonyl (C=O) groups is 1. The summed E-state index contributed by atoms with van der Waals surface area (Å²) in [6.45, 7) is 2.70. The van der Waals surface area contributed by atoms with E-state index in [9.17, 15) is 18.0 Å². The Labute approximate surface area is 152 Å². The maximum atomic E-state index is 12.8. The van der Waals surface area contributed by atoms with Crippen LogP contribution in [0.1, 0.15) is 16.1 Å². The van der Waals surface area contributed by atoms with Gasteiger partial charge in [0.2, 0.25) is 0 Å². The lowest BCUT2D eigenvalue weighted by Crippen LogP contribution is -2.36. The number of anilines is 2. The molecule has 1 aliphatic rings. The lowest BCUT2D eigenvalue weighted by Gasteiger charge is -2.28. The number of hydrogen-bond donors (Lipinski definition) is 1. The molecule has 1 aromatic carbocycles. The molecule has 5 nitrogen and oxygen atoms in total. The van der Waals surface area contributed by atoms with Gasteiger partial charge in [-0.1, -0.05) is 11.6 Å². The van der Waals surface area contributed by atoms with E-state index in [2.05, 4.69) is 15.2 Å². The van der Waals surface area contributed by atoms with Gasteiger partial charge in [-0.05, 0) is 30.3 Å². The Bertz CT molecular complexity index is 791. The van der Waals surface area contributed by atoms with Crippen LogP contribution in [-0.2, 0) is 10.9 Å². The minimum Gasteiger partial charge on any atom is -0.378 e. The van der Waals surface area contributed by atoms with Crippen molar-refractivity contribution in [2.75, 3.05) is 36.5 Å². The Morgan fingerprint density at radius 2 is 1.92 bits per heavy atom. The van der Waals surface area contributed by atoms with E-state index >= 15 is 0 Å². The topological polar surface area (TPSA) is 54.5 Å². The van der Waals surface area contributed by atoms with Gasteiger partial charge in [-0.15, -0.1) is 0 Å². The number of morpholine rings is 1. The first-order valence-electron chi connectivity index (χ1n) is 7.81. The monoisotopic (exact) mass is 385 g/mol. The molecule has 0 aliphatic carbocycles. The largest absolute Gasteiger partial charge is 0.416 e. The van der Waals surface area contributed by atoms with E-state index in [0.29, 0.717) is 13.2 Å². The number of halogens is 4. The molecule has 2 aromatic rings. The molecule has 26 heavy (non-hydrogen) atoms. The van der Waals surface area contributed by atoms with Gasteiger partial charge in [0.1, 0.15) is 5.69 Å². The highest BCUT2D eigenvalue weighted by Gasteiger charge is 2.31. The van der Waals surface area contributed by atoms with Gasteiger partial charge >= 0.3 is 6.18 Å². The molecule has 0 radical (unpaired) electrons. The summed E-state index contributed by atoms with van der Waals surface area (Å²) in [6, 6.07) is 5.99. The third-order valence-electron chi connectivity index (χ3n) is 3.90. The second-order valence-electron chi connectivity index (χ2n) is 5.65. The SMILES string of the molecule is O=C(Nc1cc(C(F)(F)F)ccc1Cl)c1ccc(N2CCOCC2)cn1. The number of rotatable bonds is 3. The fraction of sp³-hybridized carbons (Fsp3) is 0.294. The number of nitrogens with one attached hydrogen (secondary N) is 1. The van der Waals surface area contributed by atoms with Crippen LogP contribution in [0, 0.1) is 0 Å². The van der Waals surface area contributed by atoms with Crippen LogP contribution in [0.4, 0.5) is 24.5 Å². The highest BCUT2D eigenvalue weighted by molar-refractivity contribution is 6.33. The molecular weight excluding hydrogens is 371 g/mol. The number of hydrogen-bond acceptors (Lipinski definition) is 4. The fourth-order valence-corrected chi connectivity index (χ4v) is 2.68. The van der Waals surface area contributed by atoms with Gasteiger partial charge in [0.25, 0.3) is 5.91 Å². The smallest absolute Gasteiger partial charge is 0.378 e. The van der Waals surface area contributed by atoms with Crippen molar-refractivity contribution < 1.29 is 22.7 Å². The van der Waals surface area contributed by atoms with E-state index in [-0.39, 0.29) is 16.4 Å². The maximum Gasteiger partial charge on any atom is 0.416 e. The number of amides is 1. The number of pyridine rings is 1. The van der Waals surface area contributed by atoms with Gasteiger partial charge < -0.3 is 15.0 Å². The number of alkyl halides is 3. The molecule has 1 N–H and O–H groups in total. The summed E-state index contributed by atoms with van der Waals surface area (Å²) in [6.07, 6.45) is -2.98. The summed E-state index contributed by atoms with van der Waals surface area (Å²) in [5.74, 6) is -0.639. The number of nitrogens with zero attached hydrogens (tertiary/aromatic N) is 2. The zero-order chi connectivity index (χ0) is 18.7. The molecule has 138 valence electrons. The summed E-state index contributed by atoms with van der Waals surface area (Å²) < 4.78 is 43.7. The van der Waals surface area contributed by atoms with E-state index < -0.39 is 17.6 Å². The van der Waals surface area contributed by atoms with Crippen LogP contribution in [0.25, 0.3) is 0 Å². The predicted molar refractivity (Wildman–Crippen MR) is 91.7 cm³/mol. The van der Waals surface area contributed by atoms with Crippen molar-refractivity contribution in [3.8, 4) is 0 Å². The number of ether oxygens (including phenoxy) is 1. The summed E-state index contributed by atoms with van der Waals surface area (Å²) in [7, 11) is 0. The first-order valence-corrected chi connectivity index (χ1v) is 8.19. The average Bonchev–Trinajstić information content (AvgIpc) is 2.63. The van der Waals surface area contributed by atoms with E-state index in [4.69, 9.17) is 16.3 Å².